The van der Waals surface area contributed by atoms with E-state index < -0.39 is 39.5 Å². The van der Waals surface area contributed by atoms with Gasteiger partial charge < -0.3 is 20.8 Å². The predicted octanol–water partition coefficient (Wildman–Crippen LogP) is 7.26. The summed E-state index contributed by atoms with van der Waals surface area (Å²) in [7, 11) is 0. The van der Waals surface area contributed by atoms with E-state index in [-0.39, 0.29) is 11.8 Å². The lowest BCUT2D eigenvalue weighted by Crippen LogP contribution is -2.65. The first-order chi connectivity index (χ1) is 24.0. The lowest BCUT2D eigenvalue weighted by molar-refractivity contribution is -0.143. The largest absolute Gasteiger partial charge is 0.387 e. The summed E-state index contributed by atoms with van der Waals surface area (Å²) in [5.41, 5.74) is -1.28. The minimum Gasteiger partial charge on any atom is -0.387 e. The first-order valence-corrected chi connectivity index (χ1v) is 18.3. The molecule has 0 heterocycles. The average Bonchev–Trinajstić information content (AvgIpc) is 3.89. The fourth-order valence-corrected chi connectivity index (χ4v) is 7.87. The Labute approximate surface area is 304 Å². The molecule has 1 saturated carbocycles. The third kappa shape index (κ3) is 9.35. The van der Waals surface area contributed by atoms with Crippen LogP contribution in [0.1, 0.15) is 76.6 Å². The summed E-state index contributed by atoms with van der Waals surface area (Å²) in [5.74, 6) is -0.774. The number of hydrogen-bond donors (Lipinski definition) is 4. The molecule has 0 radical (unpaired) electrons. The van der Waals surface area contributed by atoms with E-state index in [0.717, 1.165) is 22.3 Å². The van der Waals surface area contributed by atoms with Crippen molar-refractivity contribution >= 4 is 11.8 Å². The third-order valence-corrected chi connectivity index (χ3v) is 10.4. The van der Waals surface area contributed by atoms with Crippen molar-refractivity contribution in [2.45, 2.75) is 103 Å². The molecule has 6 heteroatoms. The molecule has 4 aromatic carbocycles. The van der Waals surface area contributed by atoms with Gasteiger partial charge in [-0.15, -0.1) is 0 Å². The molecule has 0 bridgehead atoms. The van der Waals surface area contributed by atoms with Crippen molar-refractivity contribution in [2.24, 2.45) is 16.2 Å². The topological polar surface area (TPSA) is 98.7 Å². The van der Waals surface area contributed by atoms with Crippen LogP contribution >= 0.6 is 0 Å². The summed E-state index contributed by atoms with van der Waals surface area (Å²) >= 11 is 0. The van der Waals surface area contributed by atoms with Gasteiger partial charge in [-0.05, 0) is 45.9 Å². The van der Waals surface area contributed by atoms with Gasteiger partial charge >= 0.3 is 0 Å². The Morgan fingerprint density at radius 3 is 0.941 bits per heavy atom. The lowest BCUT2D eigenvalue weighted by Gasteiger charge is -2.46. The van der Waals surface area contributed by atoms with E-state index in [1.54, 1.807) is 0 Å². The number of amides is 2. The molecule has 4 N–H and O–H groups in total. The second-order valence-electron chi connectivity index (χ2n) is 17.0. The number of rotatable bonds is 14. The molecular formula is C45H56N2O4. The van der Waals surface area contributed by atoms with E-state index in [1.807, 2.05) is 163 Å². The van der Waals surface area contributed by atoms with Crippen LogP contribution in [0.25, 0.3) is 0 Å². The summed E-state index contributed by atoms with van der Waals surface area (Å²) in [5, 5.41) is 31.8. The maximum atomic E-state index is 14.5. The number of carbonyl (C=O) groups is 2. The second-order valence-corrected chi connectivity index (χ2v) is 17.0. The van der Waals surface area contributed by atoms with E-state index in [0.29, 0.717) is 38.5 Å². The molecule has 4 aromatic rings. The van der Waals surface area contributed by atoms with Crippen LogP contribution in [0.3, 0.4) is 0 Å². The average molecular weight is 689 g/mol. The molecular weight excluding hydrogens is 633 g/mol. The molecule has 5 rings (SSSR count). The van der Waals surface area contributed by atoms with Gasteiger partial charge in [0, 0.05) is 25.7 Å². The summed E-state index contributed by atoms with van der Waals surface area (Å²) < 4.78 is 0. The minimum atomic E-state index is -1.36. The van der Waals surface area contributed by atoms with Crippen LogP contribution in [0, 0.1) is 16.2 Å². The van der Waals surface area contributed by atoms with Gasteiger partial charge in [0.05, 0.1) is 23.3 Å². The maximum absolute atomic E-state index is 14.5. The van der Waals surface area contributed by atoms with Crippen molar-refractivity contribution < 1.29 is 19.8 Å². The monoisotopic (exact) mass is 688 g/mol. The number of hydrogen-bond acceptors (Lipinski definition) is 4. The Bertz CT molecular complexity index is 1510. The molecule has 1 aliphatic rings. The van der Waals surface area contributed by atoms with Crippen molar-refractivity contribution in [3.63, 3.8) is 0 Å². The van der Waals surface area contributed by atoms with Crippen LogP contribution in [0.4, 0.5) is 0 Å². The molecule has 6 nitrogen and oxygen atoms in total. The van der Waals surface area contributed by atoms with Gasteiger partial charge in [0.1, 0.15) is 5.41 Å². The highest BCUT2D eigenvalue weighted by atomic mass is 16.3. The smallest absolute Gasteiger partial charge is 0.236 e. The Kier molecular flexibility index (Phi) is 11.3. The van der Waals surface area contributed by atoms with E-state index >= 15 is 0 Å². The summed E-state index contributed by atoms with van der Waals surface area (Å²) in [6.07, 6.45) is 2.07. The minimum absolute atomic E-state index is 0.322. The van der Waals surface area contributed by atoms with Crippen LogP contribution in [-0.2, 0) is 35.3 Å². The molecule has 1 aliphatic carbocycles. The molecule has 0 spiro atoms. The normalized spacial score (nSPS) is 15.8. The molecule has 0 saturated heterocycles. The van der Waals surface area contributed by atoms with E-state index in [9.17, 15) is 19.8 Å². The van der Waals surface area contributed by atoms with Gasteiger partial charge in [-0.1, -0.05) is 163 Å². The highest BCUT2D eigenvalue weighted by Crippen LogP contribution is 2.48. The van der Waals surface area contributed by atoms with Crippen molar-refractivity contribution in [1.29, 1.82) is 0 Å². The Balaban J connectivity index is 1.45. The maximum Gasteiger partial charge on any atom is 0.236 e. The standard InChI is InChI=1S/C45H56N2O4/c1-41(2,3)37(44(50,29-33-19-11-7-12-20-33)30-34-21-13-8-14-22-34)46-39(48)43(27-28-43)40(49)47-38(42(4,5)6)45(51,31-35-23-15-9-16-24-35)32-36-25-17-10-18-26-36/h7-26,37-38,50-51H,27-32H2,1-6H3,(H,46,48)(H,47,49)/t37-,38-/m1/s1. The van der Waals surface area contributed by atoms with Gasteiger partial charge in [0.25, 0.3) is 0 Å². The van der Waals surface area contributed by atoms with Gasteiger partial charge in [0.2, 0.25) is 11.8 Å². The summed E-state index contributed by atoms with van der Waals surface area (Å²) in [4.78, 5) is 29.0. The lowest BCUT2D eigenvalue weighted by atomic mass is 9.70. The van der Waals surface area contributed by atoms with Crippen LogP contribution in [-0.4, -0.2) is 45.3 Å². The van der Waals surface area contributed by atoms with Crippen molar-refractivity contribution in [3.05, 3.63) is 144 Å². The highest BCUT2D eigenvalue weighted by molar-refractivity contribution is 6.08. The van der Waals surface area contributed by atoms with Crippen LogP contribution < -0.4 is 10.6 Å². The molecule has 0 unspecified atom stereocenters. The molecule has 51 heavy (non-hydrogen) atoms. The summed E-state index contributed by atoms with van der Waals surface area (Å²) in [6, 6.07) is 38.0. The predicted molar refractivity (Wildman–Crippen MR) is 205 cm³/mol. The van der Waals surface area contributed by atoms with Crippen LogP contribution in [0.15, 0.2) is 121 Å². The molecule has 2 atom stereocenters. The third-order valence-electron chi connectivity index (χ3n) is 10.4. The zero-order chi connectivity index (χ0) is 36.9. The van der Waals surface area contributed by atoms with E-state index in [2.05, 4.69) is 10.6 Å². The van der Waals surface area contributed by atoms with Crippen molar-refractivity contribution in [3.8, 4) is 0 Å². The number of benzene rings is 4. The second kappa shape index (κ2) is 15.1. The van der Waals surface area contributed by atoms with Crippen molar-refractivity contribution in [2.75, 3.05) is 0 Å². The molecule has 0 aliphatic heterocycles. The summed E-state index contributed by atoms with van der Waals surface area (Å²) in [6.45, 7) is 12.1. The van der Waals surface area contributed by atoms with E-state index in [1.165, 1.54) is 0 Å². The zero-order valence-electron chi connectivity index (χ0n) is 31.2. The quantitative estimate of drug-likeness (QED) is 0.105. The first-order valence-electron chi connectivity index (χ1n) is 18.3. The highest BCUT2D eigenvalue weighted by Gasteiger charge is 2.60. The van der Waals surface area contributed by atoms with Gasteiger partial charge in [-0.2, -0.15) is 0 Å². The van der Waals surface area contributed by atoms with Gasteiger partial charge in [-0.25, -0.2) is 0 Å². The van der Waals surface area contributed by atoms with Gasteiger partial charge in [-0.3, -0.25) is 9.59 Å². The van der Waals surface area contributed by atoms with Crippen LogP contribution in [0.2, 0.25) is 0 Å². The molecule has 1 fully saturated rings. The molecule has 270 valence electrons. The number of carbonyl (C=O) groups excluding carboxylic acids is 2. The Morgan fingerprint density at radius 1 is 0.510 bits per heavy atom. The Morgan fingerprint density at radius 2 is 0.745 bits per heavy atom. The van der Waals surface area contributed by atoms with Gasteiger partial charge in [0.15, 0.2) is 0 Å². The SMILES string of the molecule is CC(C)(C)[C@@H](NC(=O)C1(C(=O)N[C@H](C(C)(C)C)C(O)(Cc2ccccc2)Cc2ccccc2)CC1)C(O)(Cc1ccccc1)Cc1ccccc1. The molecule has 2 amide bonds. The van der Waals surface area contributed by atoms with E-state index in [4.69, 9.17) is 0 Å². The van der Waals surface area contributed by atoms with Crippen molar-refractivity contribution in [1.82, 2.24) is 10.6 Å². The fraction of sp³-hybridized carbons (Fsp3) is 0.422. The zero-order valence-corrected chi connectivity index (χ0v) is 31.2. The number of nitrogens with one attached hydrogen (secondary N) is 2. The first kappa shape index (κ1) is 38.0. The molecule has 0 aromatic heterocycles. The van der Waals surface area contributed by atoms with Crippen LogP contribution in [0.5, 0.6) is 0 Å². The Hall–Kier alpha value is -4.26. The fourth-order valence-electron chi connectivity index (χ4n) is 7.87. The number of aliphatic hydroxyl groups is 2.